The highest BCUT2D eigenvalue weighted by Gasteiger charge is 2.25. The number of hydroxylamine groups is 1. The van der Waals surface area contributed by atoms with Crippen molar-refractivity contribution < 1.29 is 19.5 Å². The molecule has 1 saturated heterocycles. The van der Waals surface area contributed by atoms with Crippen molar-refractivity contribution in [2.45, 2.75) is 44.7 Å². The molecule has 0 spiro atoms. The molecule has 3 N–H and O–H groups in total. The topological polar surface area (TPSA) is 90.9 Å². The number of likely N-dealkylation sites (tertiary alicyclic amines) is 1. The molecule has 3 aromatic carbocycles. The molecule has 1 atom stereocenters. The number of hydrogen-bond donors (Lipinski definition) is 3. The van der Waals surface area contributed by atoms with Gasteiger partial charge in [-0.15, -0.1) is 0 Å². The highest BCUT2D eigenvalue weighted by Crippen LogP contribution is 2.25. The minimum absolute atomic E-state index is 0.0883. The predicted octanol–water partition coefficient (Wildman–Crippen LogP) is 4.60. The van der Waals surface area contributed by atoms with Crippen molar-refractivity contribution in [1.82, 2.24) is 15.7 Å². The summed E-state index contributed by atoms with van der Waals surface area (Å²) in [5.74, 6) is 0.230. The quantitative estimate of drug-likeness (QED) is 0.146. The van der Waals surface area contributed by atoms with Gasteiger partial charge in [-0.25, -0.2) is 5.48 Å². The number of amides is 2. The van der Waals surface area contributed by atoms with Crippen LogP contribution in [0.25, 0.3) is 10.8 Å². The summed E-state index contributed by atoms with van der Waals surface area (Å²) in [4.78, 5) is 26.9. The van der Waals surface area contributed by atoms with Crippen molar-refractivity contribution in [2.75, 3.05) is 19.7 Å². The van der Waals surface area contributed by atoms with Gasteiger partial charge in [-0.1, -0.05) is 72.8 Å². The number of unbranched alkanes of at least 4 members (excludes halogenated alkanes) is 2. The fourth-order valence-corrected chi connectivity index (χ4v) is 4.67. The average Bonchev–Trinajstić information content (AvgIpc) is 3.36. The lowest BCUT2D eigenvalue weighted by Gasteiger charge is -2.18. The normalized spacial score (nSPS) is 16.0. The molecule has 3 aromatic rings. The first-order valence-electron chi connectivity index (χ1n) is 12.9. The van der Waals surface area contributed by atoms with Crippen LogP contribution in [0.2, 0.25) is 0 Å². The molecule has 1 aliphatic rings. The molecule has 2 amide bonds. The Kier molecular flexibility index (Phi) is 9.68. The van der Waals surface area contributed by atoms with Crippen LogP contribution in [0.3, 0.4) is 0 Å². The van der Waals surface area contributed by atoms with Gasteiger partial charge in [0.05, 0.1) is 5.57 Å². The van der Waals surface area contributed by atoms with E-state index in [4.69, 9.17) is 9.94 Å². The second-order valence-corrected chi connectivity index (χ2v) is 9.46. The maximum absolute atomic E-state index is 13.3. The minimum Gasteiger partial charge on any atom is -0.488 e. The fourth-order valence-electron chi connectivity index (χ4n) is 4.67. The molecule has 1 fully saturated rings. The van der Waals surface area contributed by atoms with Crippen LogP contribution in [0.4, 0.5) is 0 Å². The molecule has 37 heavy (non-hydrogen) atoms. The molecule has 1 unspecified atom stereocenters. The van der Waals surface area contributed by atoms with Crippen LogP contribution in [-0.2, 0) is 16.1 Å². The maximum atomic E-state index is 13.3. The lowest BCUT2D eigenvalue weighted by atomic mass is 10.1. The average molecular weight is 502 g/mol. The van der Waals surface area contributed by atoms with Crippen LogP contribution in [-0.4, -0.2) is 47.7 Å². The van der Waals surface area contributed by atoms with Gasteiger partial charge in [-0.05, 0) is 42.7 Å². The van der Waals surface area contributed by atoms with Gasteiger partial charge < -0.3 is 10.1 Å². The Morgan fingerprint density at radius 2 is 1.78 bits per heavy atom. The van der Waals surface area contributed by atoms with Crippen molar-refractivity contribution in [3.8, 4) is 5.75 Å². The van der Waals surface area contributed by atoms with Crippen molar-refractivity contribution in [3.05, 3.63) is 90.0 Å². The predicted molar refractivity (Wildman–Crippen MR) is 144 cm³/mol. The fraction of sp³-hybridized carbons (Fsp3) is 0.333. The standard InChI is InChI=1S/C30H35N3O4/c34-29(32-36)17-6-2-5-13-25(22-37-28-16-9-14-24-12-7-8-15-27(24)28)30(35)31-26-18-19-33(21-26)20-23-10-3-1-4-11-23/h1,3-4,7-16,26,36H,2,5-6,17-22H2,(H,31,35)(H,32,34)/b25-13+. The Hall–Kier alpha value is -3.68. The van der Waals surface area contributed by atoms with Crippen molar-refractivity contribution in [3.63, 3.8) is 0 Å². The van der Waals surface area contributed by atoms with Crippen LogP contribution in [0.15, 0.2) is 84.4 Å². The van der Waals surface area contributed by atoms with E-state index in [2.05, 4.69) is 22.3 Å². The molecule has 0 bridgehead atoms. The van der Waals surface area contributed by atoms with Crippen LogP contribution in [0.1, 0.15) is 37.7 Å². The van der Waals surface area contributed by atoms with E-state index in [1.807, 2.05) is 66.7 Å². The Morgan fingerprint density at radius 3 is 2.62 bits per heavy atom. The van der Waals surface area contributed by atoms with Gasteiger partial charge in [0, 0.05) is 37.5 Å². The van der Waals surface area contributed by atoms with Gasteiger partial charge in [-0.2, -0.15) is 0 Å². The second kappa shape index (κ2) is 13.6. The Bertz CT molecular complexity index is 1210. The van der Waals surface area contributed by atoms with E-state index < -0.39 is 5.91 Å². The van der Waals surface area contributed by atoms with Crippen molar-refractivity contribution in [2.24, 2.45) is 0 Å². The number of nitrogens with zero attached hydrogens (tertiary/aromatic N) is 1. The van der Waals surface area contributed by atoms with E-state index in [9.17, 15) is 9.59 Å². The van der Waals surface area contributed by atoms with Gasteiger partial charge in [0.25, 0.3) is 5.91 Å². The molecule has 0 aliphatic carbocycles. The van der Waals surface area contributed by atoms with E-state index in [0.29, 0.717) is 18.4 Å². The number of allylic oxidation sites excluding steroid dienone is 1. The minimum atomic E-state index is -0.400. The Labute approximate surface area is 218 Å². The first-order chi connectivity index (χ1) is 18.1. The summed E-state index contributed by atoms with van der Waals surface area (Å²) in [5.41, 5.74) is 3.51. The van der Waals surface area contributed by atoms with Gasteiger partial charge in [-0.3, -0.25) is 19.7 Å². The molecular weight excluding hydrogens is 466 g/mol. The van der Waals surface area contributed by atoms with Crippen LogP contribution in [0.5, 0.6) is 5.75 Å². The van der Waals surface area contributed by atoms with Crippen molar-refractivity contribution >= 4 is 22.6 Å². The van der Waals surface area contributed by atoms with Crippen LogP contribution in [0, 0.1) is 0 Å². The van der Waals surface area contributed by atoms with E-state index in [1.165, 1.54) is 5.56 Å². The highest BCUT2D eigenvalue weighted by atomic mass is 16.5. The van der Waals surface area contributed by atoms with E-state index >= 15 is 0 Å². The second-order valence-electron chi connectivity index (χ2n) is 9.46. The smallest absolute Gasteiger partial charge is 0.250 e. The zero-order valence-corrected chi connectivity index (χ0v) is 21.1. The molecule has 0 radical (unpaired) electrons. The molecule has 7 nitrogen and oxygen atoms in total. The Morgan fingerprint density at radius 1 is 1.00 bits per heavy atom. The summed E-state index contributed by atoms with van der Waals surface area (Å²) in [6.45, 7) is 2.80. The summed E-state index contributed by atoms with van der Waals surface area (Å²) < 4.78 is 6.14. The summed E-state index contributed by atoms with van der Waals surface area (Å²) in [6, 6.07) is 24.4. The zero-order chi connectivity index (χ0) is 25.9. The Balaban J connectivity index is 1.37. The number of hydrogen-bond acceptors (Lipinski definition) is 5. The third-order valence-electron chi connectivity index (χ3n) is 6.65. The zero-order valence-electron chi connectivity index (χ0n) is 21.1. The van der Waals surface area contributed by atoms with E-state index in [1.54, 1.807) is 5.48 Å². The molecule has 0 aromatic heterocycles. The van der Waals surface area contributed by atoms with Gasteiger partial charge in [0.2, 0.25) is 5.91 Å². The summed E-state index contributed by atoms with van der Waals surface area (Å²) in [6.07, 6.45) is 5.06. The number of ether oxygens (including phenoxy) is 1. The summed E-state index contributed by atoms with van der Waals surface area (Å²) >= 11 is 0. The SMILES string of the molecule is O=C(CCCC/C=C(\COc1cccc2ccccc12)C(=O)NC1CCN(Cc2ccccc2)C1)NO. The number of benzene rings is 3. The van der Waals surface area contributed by atoms with Crippen LogP contribution >= 0.6 is 0 Å². The van der Waals surface area contributed by atoms with E-state index in [0.717, 1.165) is 49.0 Å². The van der Waals surface area contributed by atoms with Crippen LogP contribution < -0.4 is 15.5 Å². The molecule has 1 heterocycles. The summed E-state index contributed by atoms with van der Waals surface area (Å²) in [7, 11) is 0. The molecule has 194 valence electrons. The molecule has 7 heteroatoms. The lowest BCUT2D eigenvalue weighted by molar-refractivity contribution is -0.129. The number of nitrogens with one attached hydrogen (secondary N) is 2. The number of carbonyl (C=O) groups is 2. The summed E-state index contributed by atoms with van der Waals surface area (Å²) in [5, 5.41) is 14.0. The number of fused-ring (bicyclic) bond motifs is 1. The van der Waals surface area contributed by atoms with Crippen molar-refractivity contribution in [1.29, 1.82) is 0 Å². The third kappa shape index (κ3) is 7.90. The monoisotopic (exact) mass is 501 g/mol. The largest absolute Gasteiger partial charge is 0.488 e. The van der Waals surface area contributed by atoms with E-state index in [-0.39, 0.29) is 25.0 Å². The molecule has 0 saturated carbocycles. The maximum Gasteiger partial charge on any atom is 0.250 e. The molecule has 4 rings (SSSR count). The molecular formula is C30H35N3O4. The number of carbonyl (C=O) groups excluding carboxylic acids is 2. The van der Waals surface area contributed by atoms with Gasteiger partial charge >= 0.3 is 0 Å². The lowest BCUT2D eigenvalue weighted by Crippen LogP contribution is -2.38. The third-order valence-corrected chi connectivity index (χ3v) is 6.65. The first-order valence-corrected chi connectivity index (χ1v) is 12.9. The first kappa shape index (κ1) is 26.4. The van der Waals surface area contributed by atoms with Gasteiger partial charge in [0.15, 0.2) is 0 Å². The molecule has 1 aliphatic heterocycles. The number of rotatable bonds is 12. The highest BCUT2D eigenvalue weighted by molar-refractivity contribution is 5.94. The van der Waals surface area contributed by atoms with Gasteiger partial charge in [0.1, 0.15) is 12.4 Å².